The molecule has 0 spiro atoms. The molecule has 60 valence electrons. The van der Waals surface area contributed by atoms with Crippen LogP contribution >= 0.6 is 11.3 Å². The second kappa shape index (κ2) is 2.86. The molecule has 0 radical (unpaired) electrons. The largest absolute Gasteiger partial charge is 0.374 e. The van der Waals surface area contributed by atoms with Gasteiger partial charge in [0.05, 0.1) is 5.69 Å². The molecule has 0 aliphatic carbocycles. The van der Waals surface area contributed by atoms with Crippen LogP contribution in [0.3, 0.4) is 0 Å². The van der Waals surface area contributed by atoms with E-state index in [1.807, 2.05) is 11.3 Å². The fraction of sp³-hybridized carbons (Fsp3) is 0.556. The van der Waals surface area contributed by atoms with E-state index in [4.69, 9.17) is 0 Å². The molecule has 2 heteroatoms. The SMILES string of the molecule is CN1CCCCc2sccc21. The molecule has 1 aliphatic rings. The summed E-state index contributed by atoms with van der Waals surface area (Å²) in [5.41, 5.74) is 1.47. The van der Waals surface area contributed by atoms with E-state index in [0.717, 1.165) is 0 Å². The van der Waals surface area contributed by atoms with Crippen LogP contribution in [0.1, 0.15) is 17.7 Å². The van der Waals surface area contributed by atoms with Crippen LogP contribution in [-0.4, -0.2) is 13.6 Å². The summed E-state index contributed by atoms with van der Waals surface area (Å²) in [6, 6.07) is 2.24. The number of hydrogen-bond acceptors (Lipinski definition) is 2. The molecule has 2 heterocycles. The third-order valence-corrected chi connectivity index (χ3v) is 3.25. The maximum atomic E-state index is 2.37. The fourth-order valence-corrected chi connectivity index (χ4v) is 2.58. The Hall–Kier alpha value is -0.500. The second-order valence-electron chi connectivity index (χ2n) is 3.11. The van der Waals surface area contributed by atoms with Crippen LogP contribution in [-0.2, 0) is 6.42 Å². The molecule has 1 aromatic heterocycles. The van der Waals surface area contributed by atoms with Gasteiger partial charge in [-0.15, -0.1) is 11.3 Å². The first-order valence-electron chi connectivity index (χ1n) is 4.15. The maximum Gasteiger partial charge on any atom is 0.0504 e. The van der Waals surface area contributed by atoms with Gasteiger partial charge in [0.2, 0.25) is 0 Å². The molecule has 11 heavy (non-hydrogen) atoms. The summed E-state index contributed by atoms with van der Waals surface area (Å²) in [6.07, 6.45) is 3.99. The molecule has 0 amide bonds. The Morgan fingerprint density at radius 2 is 2.36 bits per heavy atom. The van der Waals surface area contributed by atoms with Crippen molar-refractivity contribution < 1.29 is 0 Å². The molecule has 0 saturated carbocycles. The van der Waals surface area contributed by atoms with Gasteiger partial charge in [0.25, 0.3) is 0 Å². The Morgan fingerprint density at radius 3 is 3.27 bits per heavy atom. The summed E-state index contributed by atoms with van der Waals surface area (Å²) >= 11 is 1.90. The van der Waals surface area contributed by atoms with E-state index in [-0.39, 0.29) is 0 Å². The molecule has 0 saturated heterocycles. The highest BCUT2D eigenvalue weighted by Gasteiger charge is 2.11. The van der Waals surface area contributed by atoms with Gasteiger partial charge in [0.15, 0.2) is 0 Å². The summed E-state index contributed by atoms with van der Waals surface area (Å²) in [5.74, 6) is 0. The van der Waals surface area contributed by atoms with Crippen LogP contribution in [0, 0.1) is 0 Å². The summed E-state index contributed by atoms with van der Waals surface area (Å²) in [5, 5.41) is 2.20. The number of hydrogen-bond donors (Lipinski definition) is 0. The molecule has 1 nitrogen and oxygen atoms in total. The maximum absolute atomic E-state index is 2.37. The third kappa shape index (κ3) is 1.27. The average molecular weight is 167 g/mol. The minimum absolute atomic E-state index is 1.23. The molecule has 1 aromatic rings. The molecule has 0 N–H and O–H groups in total. The summed E-state index contributed by atoms with van der Waals surface area (Å²) in [4.78, 5) is 3.95. The smallest absolute Gasteiger partial charge is 0.0504 e. The Labute approximate surface area is 71.7 Å². The van der Waals surface area contributed by atoms with Crippen molar-refractivity contribution in [1.82, 2.24) is 0 Å². The highest BCUT2D eigenvalue weighted by atomic mass is 32.1. The predicted molar refractivity (Wildman–Crippen MR) is 50.5 cm³/mol. The molecule has 0 unspecified atom stereocenters. The van der Waals surface area contributed by atoms with Gasteiger partial charge < -0.3 is 4.90 Å². The number of fused-ring (bicyclic) bond motifs is 1. The lowest BCUT2D eigenvalue weighted by Gasteiger charge is -2.15. The highest BCUT2D eigenvalue weighted by Crippen LogP contribution is 2.29. The van der Waals surface area contributed by atoms with Gasteiger partial charge in [0, 0.05) is 18.5 Å². The van der Waals surface area contributed by atoms with Crippen molar-refractivity contribution in [3.63, 3.8) is 0 Å². The Kier molecular flexibility index (Phi) is 1.86. The van der Waals surface area contributed by atoms with Crippen molar-refractivity contribution in [3.8, 4) is 0 Å². The molecule has 0 fully saturated rings. The first-order valence-corrected chi connectivity index (χ1v) is 5.03. The Balaban J connectivity index is 2.34. The average Bonchev–Trinajstić information content (AvgIpc) is 2.40. The second-order valence-corrected chi connectivity index (χ2v) is 4.11. The lowest BCUT2D eigenvalue weighted by molar-refractivity contribution is 0.752. The fourth-order valence-electron chi connectivity index (χ4n) is 1.62. The lowest BCUT2D eigenvalue weighted by Crippen LogP contribution is -2.16. The zero-order valence-corrected chi connectivity index (χ0v) is 7.66. The van der Waals surface area contributed by atoms with Crippen molar-refractivity contribution in [1.29, 1.82) is 0 Å². The van der Waals surface area contributed by atoms with Crippen LogP contribution in [0.5, 0.6) is 0 Å². The molecule has 0 aromatic carbocycles. The van der Waals surface area contributed by atoms with E-state index >= 15 is 0 Å². The van der Waals surface area contributed by atoms with Crippen molar-refractivity contribution >= 4 is 17.0 Å². The minimum atomic E-state index is 1.23. The molecule has 0 bridgehead atoms. The van der Waals surface area contributed by atoms with Crippen molar-refractivity contribution in [2.75, 3.05) is 18.5 Å². The van der Waals surface area contributed by atoms with Gasteiger partial charge in [-0.2, -0.15) is 0 Å². The van der Waals surface area contributed by atoms with Gasteiger partial charge in [-0.05, 0) is 30.7 Å². The van der Waals surface area contributed by atoms with Crippen molar-refractivity contribution in [3.05, 3.63) is 16.3 Å². The number of thiophene rings is 1. The topological polar surface area (TPSA) is 3.24 Å². The standard InChI is InChI=1S/C9H13NS/c1-10-6-3-2-4-9-8(10)5-7-11-9/h5,7H,2-4,6H2,1H3. The van der Waals surface area contributed by atoms with E-state index in [0.29, 0.717) is 0 Å². The summed E-state index contributed by atoms with van der Waals surface area (Å²) in [7, 11) is 2.19. The van der Waals surface area contributed by atoms with E-state index < -0.39 is 0 Å². The van der Waals surface area contributed by atoms with Gasteiger partial charge in [-0.1, -0.05) is 0 Å². The lowest BCUT2D eigenvalue weighted by atomic mass is 10.2. The summed E-state index contributed by atoms with van der Waals surface area (Å²) in [6.45, 7) is 1.23. The highest BCUT2D eigenvalue weighted by molar-refractivity contribution is 7.10. The normalized spacial score (nSPS) is 17.7. The monoisotopic (exact) mass is 167 g/mol. The molecule has 1 aliphatic heterocycles. The zero-order valence-electron chi connectivity index (χ0n) is 6.84. The Bertz CT molecular complexity index is 241. The third-order valence-electron chi connectivity index (χ3n) is 2.28. The Morgan fingerprint density at radius 1 is 1.45 bits per heavy atom. The van der Waals surface area contributed by atoms with Crippen molar-refractivity contribution in [2.45, 2.75) is 19.3 Å². The van der Waals surface area contributed by atoms with Gasteiger partial charge in [0.1, 0.15) is 0 Å². The first kappa shape index (κ1) is 7.17. The molecule has 2 rings (SSSR count). The predicted octanol–water partition coefficient (Wildman–Crippen LogP) is 2.52. The number of nitrogens with zero attached hydrogens (tertiary/aromatic N) is 1. The van der Waals surface area contributed by atoms with E-state index in [1.165, 1.54) is 31.5 Å². The van der Waals surface area contributed by atoms with Crippen LogP contribution in [0.4, 0.5) is 5.69 Å². The van der Waals surface area contributed by atoms with Gasteiger partial charge in [-0.25, -0.2) is 0 Å². The minimum Gasteiger partial charge on any atom is -0.374 e. The van der Waals surface area contributed by atoms with Crippen molar-refractivity contribution in [2.24, 2.45) is 0 Å². The first-order chi connectivity index (χ1) is 5.38. The number of aryl methyl sites for hydroxylation is 1. The van der Waals surface area contributed by atoms with Crippen LogP contribution in [0.15, 0.2) is 11.4 Å². The molecular weight excluding hydrogens is 154 g/mol. The van der Waals surface area contributed by atoms with Crippen LogP contribution in [0.2, 0.25) is 0 Å². The molecular formula is C9H13NS. The zero-order chi connectivity index (χ0) is 7.68. The van der Waals surface area contributed by atoms with Crippen LogP contribution < -0.4 is 4.90 Å². The van der Waals surface area contributed by atoms with E-state index in [1.54, 1.807) is 4.88 Å². The quantitative estimate of drug-likeness (QED) is 0.574. The number of anilines is 1. The van der Waals surface area contributed by atoms with E-state index in [2.05, 4.69) is 23.4 Å². The summed E-state index contributed by atoms with van der Waals surface area (Å²) < 4.78 is 0. The van der Waals surface area contributed by atoms with Gasteiger partial charge in [-0.3, -0.25) is 0 Å². The molecule has 0 atom stereocenters. The van der Waals surface area contributed by atoms with Crippen LogP contribution in [0.25, 0.3) is 0 Å². The number of rotatable bonds is 0. The van der Waals surface area contributed by atoms with Gasteiger partial charge >= 0.3 is 0 Å². The van der Waals surface area contributed by atoms with E-state index in [9.17, 15) is 0 Å².